The number of phenolic OH excluding ortho intramolecular Hbond substituents is 1. The summed E-state index contributed by atoms with van der Waals surface area (Å²) < 4.78 is 4.93. The largest absolute Gasteiger partial charge is 0.504 e. The van der Waals surface area contributed by atoms with Crippen LogP contribution in [-0.2, 0) is 4.79 Å². The van der Waals surface area contributed by atoms with Crippen molar-refractivity contribution in [3.63, 3.8) is 0 Å². The van der Waals surface area contributed by atoms with Gasteiger partial charge in [0.05, 0.1) is 18.6 Å². The van der Waals surface area contributed by atoms with Gasteiger partial charge in [0.25, 0.3) is 11.1 Å². The number of thioether (sulfide) groups is 1. The number of hydrogen-bond acceptors (Lipinski definition) is 5. The fraction of sp³-hybridized carbons (Fsp3) is 0.143. The summed E-state index contributed by atoms with van der Waals surface area (Å²) in [4.78, 5) is 24.8. The SMILES string of the molecule is C#CCN1C(=O)S/C(=C/c2ccc(OC)c(O)c2)C1=O. The van der Waals surface area contributed by atoms with E-state index in [4.69, 9.17) is 11.2 Å². The number of benzene rings is 1. The van der Waals surface area contributed by atoms with Crippen LogP contribution in [0, 0.1) is 12.3 Å². The van der Waals surface area contributed by atoms with E-state index >= 15 is 0 Å². The number of imide groups is 1. The predicted molar refractivity (Wildman–Crippen MR) is 76.2 cm³/mol. The van der Waals surface area contributed by atoms with E-state index in [0.717, 1.165) is 16.7 Å². The molecule has 2 rings (SSSR count). The predicted octanol–water partition coefficient (Wildman–Crippen LogP) is 2.07. The third-order valence-corrected chi connectivity index (χ3v) is 3.53. The van der Waals surface area contributed by atoms with Gasteiger partial charge in [-0.05, 0) is 35.5 Å². The van der Waals surface area contributed by atoms with Crippen molar-refractivity contribution in [2.75, 3.05) is 13.7 Å². The Balaban J connectivity index is 2.28. The number of rotatable bonds is 3. The minimum atomic E-state index is -0.423. The molecule has 1 aromatic carbocycles. The summed E-state index contributed by atoms with van der Waals surface area (Å²) in [5, 5.41) is 9.28. The molecule has 0 aromatic heterocycles. The number of amides is 2. The Bertz CT molecular complexity index is 645. The number of aromatic hydroxyl groups is 1. The zero-order chi connectivity index (χ0) is 14.7. The lowest BCUT2D eigenvalue weighted by Gasteiger charge is -2.06. The van der Waals surface area contributed by atoms with Gasteiger partial charge in [0.2, 0.25) is 0 Å². The number of nitrogens with zero attached hydrogens (tertiary/aromatic N) is 1. The maximum absolute atomic E-state index is 12.0. The summed E-state index contributed by atoms with van der Waals surface area (Å²) in [7, 11) is 1.44. The van der Waals surface area contributed by atoms with Crippen LogP contribution in [0.5, 0.6) is 11.5 Å². The second-order valence-corrected chi connectivity index (χ2v) is 4.90. The summed E-state index contributed by atoms with van der Waals surface area (Å²) in [5.74, 6) is 2.14. The number of methoxy groups -OCH3 is 1. The highest BCUT2D eigenvalue weighted by molar-refractivity contribution is 8.18. The lowest BCUT2D eigenvalue weighted by atomic mass is 10.2. The van der Waals surface area contributed by atoms with Crippen LogP contribution < -0.4 is 4.74 Å². The first kappa shape index (κ1) is 14.0. The topological polar surface area (TPSA) is 66.8 Å². The molecule has 6 heteroatoms. The molecule has 0 bridgehead atoms. The van der Waals surface area contributed by atoms with E-state index in [1.807, 2.05) is 0 Å². The summed E-state index contributed by atoms with van der Waals surface area (Å²) in [5.41, 5.74) is 0.592. The minimum Gasteiger partial charge on any atom is -0.504 e. The first-order valence-electron chi connectivity index (χ1n) is 5.62. The van der Waals surface area contributed by atoms with E-state index in [-0.39, 0.29) is 17.2 Å². The van der Waals surface area contributed by atoms with Crippen LogP contribution in [0.3, 0.4) is 0 Å². The molecule has 0 aliphatic carbocycles. The molecule has 0 spiro atoms. The monoisotopic (exact) mass is 289 g/mol. The van der Waals surface area contributed by atoms with Gasteiger partial charge in [0.15, 0.2) is 11.5 Å². The third kappa shape index (κ3) is 2.63. The fourth-order valence-corrected chi connectivity index (χ4v) is 2.51. The van der Waals surface area contributed by atoms with Gasteiger partial charge in [-0.1, -0.05) is 12.0 Å². The molecule has 102 valence electrons. The first-order chi connectivity index (χ1) is 9.56. The molecule has 1 N–H and O–H groups in total. The van der Waals surface area contributed by atoms with Crippen molar-refractivity contribution in [3.8, 4) is 23.8 Å². The van der Waals surface area contributed by atoms with Crippen molar-refractivity contribution in [1.29, 1.82) is 0 Å². The van der Waals surface area contributed by atoms with Crippen molar-refractivity contribution >= 4 is 29.0 Å². The van der Waals surface area contributed by atoms with Crippen LogP contribution in [0.15, 0.2) is 23.1 Å². The first-order valence-corrected chi connectivity index (χ1v) is 6.44. The van der Waals surface area contributed by atoms with Gasteiger partial charge < -0.3 is 9.84 Å². The molecule has 1 aromatic rings. The summed E-state index contributed by atoms with van der Waals surface area (Å²) in [6.45, 7) is -0.0458. The standard InChI is InChI=1S/C14H11NO4S/c1-3-6-15-13(17)12(20-14(15)18)8-9-4-5-11(19-2)10(16)7-9/h1,4-5,7-8,16H,6H2,2H3/b12-8+. The second kappa shape index (κ2) is 5.72. The average molecular weight is 289 g/mol. The number of ether oxygens (including phenoxy) is 1. The van der Waals surface area contributed by atoms with E-state index in [0.29, 0.717) is 11.3 Å². The van der Waals surface area contributed by atoms with E-state index < -0.39 is 11.1 Å². The normalized spacial score (nSPS) is 16.6. The molecule has 5 nitrogen and oxygen atoms in total. The zero-order valence-electron chi connectivity index (χ0n) is 10.6. The Morgan fingerprint density at radius 3 is 2.85 bits per heavy atom. The van der Waals surface area contributed by atoms with Crippen LogP contribution in [-0.4, -0.2) is 34.8 Å². The van der Waals surface area contributed by atoms with E-state index in [9.17, 15) is 14.7 Å². The number of hydrogen-bond donors (Lipinski definition) is 1. The van der Waals surface area contributed by atoms with E-state index in [2.05, 4.69) is 5.92 Å². The molecule has 1 fully saturated rings. The zero-order valence-corrected chi connectivity index (χ0v) is 11.4. The smallest absolute Gasteiger partial charge is 0.294 e. The van der Waals surface area contributed by atoms with Crippen LogP contribution in [0.4, 0.5) is 4.79 Å². The molecule has 0 saturated carbocycles. The highest BCUT2D eigenvalue weighted by Crippen LogP contribution is 2.33. The van der Waals surface area contributed by atoms with Gasteiger partial charge in [-0.3, -0.25) is 14.5 Å². The molecule has 20 heavy (non-hydrogen) atoms. The Morgan fingerprint density at radius 1 is 1.50 bits per heavy atom. The number of phenols is 1. The lowest BCUT2D eigenvalue weighted by Crippen LogP contribution is -2.28. The Hall–Kier alpha value is -2.39. The average Bonchev–Trinajstić information content (AvgIpc) is 2.67. The van der Waals surface area contributed by atoms with Crippen molar-refractivity contribution in [1.82, 2.24) is 4.90 Å². The Morgan fingerprint density at radius 2 is 2.25 bits per heavy atom. The molecule has 0 unspecified atom stereocenters. The number of carbonyl (C=O) groups excluding carboxylic acids is 2. The maximum Gasteiger partial charge on any atom is 0.294 e. The van der Waals surface area contributed by atoms with Gasteiger partial charge in [-0.2, -0.15) is 0 Å². The van der Waals surface area contributed by atoms with Crippen molar-refractivity contribution in [3.05, 3.63) is 28.7 Å². The third-order valence-electron chi connectivity index (χ3n) is 2.62. The highest BCUT2D eigenvalue weighted by Gasteiger charge is 2.34. The fourth-order valence-electron chi connectivity index (χ4n) is 1.68. The number of carbonyl (C=O) groups is 2. The van der Waals surface area contributed by atoms with Crippen LogP contribution in [0.2, 0.25) is 0 Å². The molecular weight excluding hydrogens is 278 g/mol. The van der Waals surface area contributed by atoms with Gasteiger partial charge in [-0.15, -0.1) is 6.42 Å². The van der Waals surface area contributed by atoms with Crippen molar-refractivity contribution in [2.24, 2.45) is 0 Å². The van der Waals surface area contributed by atoms with Crippen molar-refractivity contribution < 1.29 is 19.4 Å². The Kier molecular flexibility index (Phi) is 4.01. The molecular formula is C14H11NO4S. The van der Waals surface area contributed by atoms with Gasteiger partial charge in [-0.25, -0.2) is 0 Å². The van der Waals surface area contributed by atoms with Gasteiger partial charge >= 0.3 is 0 Å². The van der Waals surface area contributed by atoms with Gasteiger partial charge in [0.1, 0.15) is 0 Å². The van der Waals surface area contributed by atoms with Crippen LogP contribution >= 0.6 is 11.8 Å². The van der Waals surface area contributed by atoms with Crippen LogP contribution in [0.1, 0.15) is 5.56 Å². The van der Waals surface area contributed by atoms with Gasteiger partial charge in [0, 0.05) is 0 Å². The van der Waals surface area contributed by atoms with E-state index in [1.54, 1.807) is 12.1 Å². The second-order valence-electron chi connectivity index (χ2n) is 3.90. The molecule has 1 saturated heterocycles. The Labute approximate surface area is 120 Å². The maximum atomic E-state index is 12.0. The highest BCUT2D eigenvalue weighted by atomic mass is 32.2. The molecule has 2 amide bonds. The lowest BCUT2D eigenvalue weighted by molar-refractivity contribution is -0.122. The summed E-state index contributed by atoms with van der Waals surface area (Å²) in [6.07, 6.45) is 6.64. The summed E-state index contributed by atoms with van der Waals surface area (Å²) >= 11 is 0.822. The molecule has 1 aliphatic rings. The summed E-state index contributed by atoms with van der Waals surface area (Å²) in [6, 6.07) is 4.70. The van der Waals surface area contributed by atoms with Crippen LogP contribution in [0.25, 0.3) is 6.08 Å². The molecule has 1 heterocycles. The minimum absolute atomic E-state index is 0.0379. The van der Waals surface area contributed by atoms with Crippen molar-refractivity contribution in [2.45, 2.75) is 0 Å². The number of terminal acetylenes is 1. The van der Waals surface area contributed by atoms with E-state index in [1.165, 1.54) is 19.3 Å². The quantitative estimate of drug-likeness (QED) is 0.681. The molecule has 0 radical (unpaired) electrons. The molecule has 0 atom stereocenters. The molecule has 1 aliphatic heterocycles.